The number of aromatic nitrogens is 1. The maximum Gasteiger partial charge on any atom is 0.255 e. The molecular formula is C18H24N4O2. The number of rotatable bonds is 5. The van der Waals surface area contributed by atoms with E-state index >= 15 is 0 Å². The zero-order chi connectivity index (χ0) is 17.4. The van der Waals surface area contributed by atoms with Gasteiger partial charge in [-0.05, 0) is 38.0 Å². The molecule has 0 radical (unpaired) electrons. The van der Waals surface area contributed by atoms with Gasteiger partial charge < -0.3 is 20.9 Å². The van der Waals surface area contributed by atoms with E-state index in [1.54, 1.807) is 4.90 Å². The Balaban J connectivity index is 1.97. The van der Waals surface area contributed by atoms with Gasteiger partial charge in [-0.2, -0.15) is 0 Å². The van der Waals surface area contributed by atoms with E-state index in [2.05, 4.69) is 10.3 Å². The number of benzene rings is 1. The molecule has 0 spiro atoms. The lowest BCUT2D eigenvalue weighted by Gasteiger charge is -2.23. The largest absolute Gasteiger partial charge is 0.385 e. The van der Waals surface area contributed by atoms with E-state index in [1.807, 2.05) is 39.0 Å². The molecule has 1 aliphatic carbocycles. The summed E-state index contributed by atoms with van der Waals surface area (Å²) >= 11 is 0. The number of nitrogens with zero attached hydrogens (tertiary/aromatic N) is 1. The number of carbonyl (C=O) groups is 2. The number of hydrogen-bond acceptors (Lipinski definition) is 3. The number of amides is 2. The van der Waals surface area contributed by atoms with E-state index in [-0.39, 0.29) is 23.8 Å². The van der Waals surface area contributed by atoms with Crippen LogP contribution in [0.2, 0.25) is 0 Å². The van der Waals surface area contributed by atoms with Gasteiger partial charge in [0, 0.05) is 35.1 Å². The number of carbonyl (C=O) groups excluding carboxylic acids is 2. The summed E-state index contributed by atoms with van der Waals surface area (Å²) in [7, 11) is 0. The second-order valence-electron chi connectivity index (χ2n) is 6.63. The fourth-order valence-corrected chi connectivity index (χ4v) is 2.88. The second-order valence-corrected chi connectivity index (χ2v) is 6.63. The van der Waals surface area contributed by atoms with Crippen molar-refractivity contribution in [2.24, 2.45) is 5.92 Å². The molecule has 0 saturated heterocycles. The number of hydrogen-bond donors (Lipinski definition) is 3. The minimum absolute atomic E-state index is 0.0723. The van der Waals surface area contributed by atoms with E-state index in [9.17, 15) is 9.59 Å². The summed E-state index contributed by atoms with van der Waals surface area (Å²) in [6, 6.07) is 5.88. The molecule has 1 aromatic heterocycles. The van der Waals surface area contributed by atoms with E-state index in [4.69, 9.17) is 5.73 Å². The van der Waals surface area contributed by atoms with Crippen molar-refractivity contribution in [2.75, 3.05) is 17.2 Å². The van der Waals surface area contributed by atoms with E-state index in [0.29, 0.717) is 17.9 Å². The highest BCUT2D eigenvalue weighted by molar-refractivity contribution is 6.12. The molecule has 24 heavy (non-hydrogen) atoms. The Hall–Kier alpha value is -2.50. The molecule has 0 aliphatic heterocycles. The summed E-state index contributed by atoms with van der Waals surface area (Å²) in [6.45, 7) is 6.31. The van der Waals surface area contributed by atoms with Crippen molar-refractivity contribution in [3.8, 4) is 0 Å². The van der Waals surface area contributed by atoms with Crippen LogP contribution in [0.1, 0.15) is 44.0 Å². The van der Waals surface area contributed by atoms with Gasteiger partial charge in [-0.15, -0.1) is 0 Å². The molecule has 128 valence electrons. The Kier molecular flexibility index (Phi) is 4.22. The van der Waals surface area contributed by atoms with E-state index < -0.39 is 0 Å². The van der Waals surface area contributed by atoms with Crippen LogP contribution in [-0.4, -0.2) is 29.4 Å². The first-order valence-corrected chi connectivity index (χ1v) is 8.45. The third-order valence-corrected chi connectivity index (χ3v) is 4.34. The first-order chi connectivity index (χ1) is 11.4. The Morgan fingerprint density at radius 3 is 2.67 bits per heavy atom. The average Bonchev–Trinajstić information content (AvgIpc) is 3.27. The predicted molar refractivity (Wildman–Crippen MR) is 96.1 cm³/mol. The highest BCUT2D eigenvalue weighted by atomic mass is 16.2. The third-order valence-electron chi connectivity index (χ3n) is 4.34. The third kappa shape index (κ3) is 2.96. The van der Waals surface area contributed by atoms with Crippen LogP contribution < -0.4 is 16.0 Å². The zero-order valence-corrected chi connectivity index (χ0v) is 14.3. The number of nitrogen functional groups attached to an aromatic ring is 1. The van der Waals surface area contributed by atoms with Crippen molar-refractivity contribution >= 4 is 34.2 Å². The van der Waals surface area contributed by atoms with Crippen molar-refractivity contribution in [3.05, 3.63) is 23.8 Å². The monoisotopic (exact) mass is 328 g/mol. The van der Waals surface area contributed by atoms with Crippen LogP contribution in [0, 0.1) is 5.92 Å². The van der Waals surface area contributed by atoms with Gasteiger partial charge in [-0.25, -0.2) is 0 Å². The highest BCUT2D eigenvalue weighted by Crippen LogP contribution is 2.30. The summed E-state index contributed by atoms with van der Waals surface area (Å²) in [5.74, 6) is 0.218. The van der Waals surface area contributed by atoms with Crippen LogP contribution in [0.4, 0.5) is 11.5 Å². The molecular weight excluding hydrogens is 304 g/mol. The fraction of sp³-hybridized carbons (Fsp3) is 0.444. The number of fused-ring (bicyclic) bond motifs is 1. The standard InChI is InChI=1S/C18H24N4O2/c1-4-22(18(24)10(2)3)12-7-8-13-14(9-12)21-16(19)15(13)17(23)20-11-5-6-11/h7-11,21H,4-6,19H2,1-3H3,(H,20,23). The normalized spacial score (nSPS) is 14.2. The van der Waals surface area contributed by atoms with Gasteiger partial charge in [-0.3, -0.25) is 9.59 Å². The van der Waals surface area contributed by atoms with Gasteiger partial charge in [0.15, 0.2) is 0 Å². The lowest BCUT2D eigenvalue weighted by atomic mass is 10.1. The van der Waals surface area contributed by atoms with Gasteiger partial charge in [-0.1, -0.05) is 13.8 Å². The number of nitrogens with two attached hydrogens (primary N) is 1. The quantitative estimate of drug-likeness (QED) is 0.788. The maximum atomic E-state index is 12.4. The van der Waals surface area contributed by atoms with Gasteiger partial charge >= 0.3 is 0 Å². The first kappa shape index (κ1) is 16.4. The molecule has 1 fully saturated rings. The Bertz CT molecular complexity index is 790. The van der Waals surface area contributed by atoms with Crippen molar-refractivity contribution in [1.82, 2.24) is 10.3 Å². The van der Waals surface area contributed by atoms with Crippen molar-refractivity contribution in [3.63, 3.8) is 0 Å². The molecule has 1 aromatic carbocycles. The zero-order valence-electron chi connectivity index (χ0n) is 14.3. The van der Waals surface area contributed by atoms with Crippen LogP contribution in [0.3, 0.4) is 0 Å². The summed E-state index contributed by atoms with van der Waals surface area (Å²) in [5.41, 5.74) is 8.08. The van der Waals surface area contributed by atoms with Crippen LogP contribution in [0.5, 0.6) is 0 Å². The summed E-state index contributed by atoms with van der Waals surface area (Å²) in [5, 5.41) is 3.75. The average molecular weight is 328 g/mol. The van der Waals surface area contributed by atoms with E-state index in [1.165, 1.54) is 0 Å². The number of H-pyrrole nitrogens is 1. The molecule has 0 bridgehead atoms. The molecule has 2 aromatic rings. The number of nitrogens with one attached hydrogen (secondary N) is 2. The Labute approximate surface area is 141 Å². The fourth-order valence-electron chi connectivity index (χ4n) is 2.88. The molecule has 0 atom stereocenters. The van der Waals surface area contributed by atoms with Gasteiger partial charge in [0.05, 0.1) is 5.56 Å². The number of aromatic amines is 1. The van der Waals surface area contributed by atoms with Crippen molar-refractivity contribution in [2.45, 2.75) is 39.7 Å². The van der Waals surface area contributed by atoms with Crippen LogP contribution in [0.25, 0.3) is 10.9 Å². The van der Waals surface area contributed by atoms with Crippen LogP contribution >= 0.6 is 0 Å². The second kappa shape index (κ2) is 6.19. The minimum Gasteiger partial charge on any atom is -0.385 e. The molecule has 3 rings (SSSR count). The Morgan fingerprint density at radius 1 is 1.38 bits per heavy atom. The molecule has 6 heteroatoms. The van der Waals surface area contributed by atoms with Crippen LogP contribution in [0.15, 0.2) is 18.2 Å². The lowest BCUT2D eigenvalue weighted by molar-refractivity contribution is -0.121. The van der Waals surface area contributed by atoms with Gasteiger partial charge in [0.25, 0.3) is 5.91 Å². The molecule has 1 saturated carbocycles. The molecule has 2 amide bonds. The SMILES string of the molecule is CCN(C(=O)C(C)C)c1ccc2c(C(=O)NC3CC3)c(N)[nH]c2c1. The van der Waals surface area contributed by atoms with Crippen molar-refractivity contribution < 1.29 is 9.59 Å². The summed E-state index contributed by atoms with van der Waals surface area (Å²) < 4.78 is 0. The van der Waals surface area contributed by atoms with Crippen LogP contribution in [-0.2, 0) is 4.79 Å². The topological polar surface area (TPSA) is 91.2 Å². The highest BCUT2D eigenvalue weighted by Gasteiger charge is 2.27. The predicted octanol–water partition coefficient (Wildman–Crippen LogP) is 2.65. The molecule has 1 heterocycles. The minimum atomic E-state index is -0.139. The summed E-state index contributed by atoms with van der Waals surface area (Å²) in [4.78, 5) is 29.5. The Morgan fingerprint density at radius 2 is 2.08 bits per heavy atom. The number of anilines is 2. The molecule has 1 aliphatic rings. The van der Waals surface area contributed by atoms with Gasteiger partial charge in [0.1, 0.15) is 5.82 Å². The smallest absolute Gasteiger partial charge is 0.255 e. The summed E-state index contributed by atoms with van der Waals surface area (Å²) in [6.07, 6.45) is 2.06. The molecule has 0 unspecified atom stereocenters. The molecule has 6 nitrogen and oxygen atoms in total. The van der Waals surface area contributed by atoms with Gasteiger partial charge in [0.2, 0.25) is 5.91 Å². The van der Waals surface area contributed by atoms with E-state index in [0.717, 1.165) is 29.4 Å². The molecule has 4 N–H and O–H groups in total. The first-order valence-electron chi connectivity index (χ1n) is 8.45. The maximum absolute atomic E-state index is 12.4. The lowest BCUT2D eigenvalue weighted by Crippen LogP contribution is -2.33. The van der Waals surface area contributed by atoms with Crippen molar-refractivity contribution in [1.29, 1.82) is 0 Å².